The third-order valence-corrected chi connectivity index (χ3v) is 5.07. The van der Waals surface area contributed by atoms with Gasteiger partial charge in [0.2, 0.25) is 0 Å². The van der Waals surface area contributed by atoms with Crippen LogP contribution in [0.2, 0.25) is 0 Å². The lowest BCUT2D eigenvalue weighted by Crippen LogP contribution is -2.35. The summed E-state index contributed by atoms with van der Waals surface area (Å²) >= 11 is 3.72. The molecule has 0 bridgehead atoms. The van der Waals surface area contributed by atoms with Gasteiger partial charge in [0.05, 0.1) is 5.69 Å². The van der Waals surface area contributed by atoms with Gasteiger partial charge in [0, 0.05) is 18.4 Å². The highest BCUT2D eigenvalue weighted by molar-refractivity contribution is 9.09. The summed E-state index contributed by atoms with van der Waals surface area (Å²) in [4.78, 5) is 12.7. The van der Waals surface area contributed by atoms with Gasteiger partial charge in [-0.25, -0.2) is 0 Å². The summed E-state index contributed by atoms with van der Waals surface area (Å²) < 4.78 is 1.67. The number of hydrogen-bond donors (Lipinski definition) is 1. The number of carbonyl (C=O) groups is 1. The highest BCUT2D eigenvalue weighted by Gasteiger charge is 2.23. The van der Waals surface area contributed by atoms with Crippen molar-refractivity contribution in [3.8, 4) is 0 Å². The second-order valence-corrected chi connectivity index (χ2v) is 6.44. The average Bonchev–Trinajstić information content (AvgIpc) is 2.79. The number of halogens is 1. The number of nitrogens with zero attached hydrogens (tertiary/aromatic N) is 2. The summed E-state index contributed by atoms with van der Waals surface area (Å²) in [6.07, 6.45) is 5.83. The van der Waals surface area contributed by atoms with E-state index in [1.165, 1.54) is 25.7 Å². The fourth-order valence-electron chi connectivity index (χ4n) is 2.62. The number of aromatic nitrogens is 2. The summed E-state index contributed by atoms with van der Waals surface area (Å²) in [6.45, 7) is 2.79. The molecule has 2 unspecified atom stereocenters. The van der Waals surface area contributed by atoms with Crippen LogP contribution in [-0.4, -0.2) is 27.1 Å². The minimum Gasteiger partial charge on any atom is -0.350 e. The Hall–Kier alpha value is -0.840. The number of rotatable bonds is 4. The lowest BCUT2D eigenvalue weighted by atomic mass is 9.89. The lowest BCUT2D eigenvalue weighted by molar-refractivity contribution is 0.0935. The molecular weight excluding hydrogens is 306 g/mol. The number of hydrogen-bond acceptors (Lipinski definition) is 2. The summed E-state index contributed by atoms with van der Waals surface area (Å²) in [7, 11) is 1.82. The molecule has 1 aromatic rings. The van der Waals surface area contributed by atoms with E-state index in [0.29, 0.717) is 16.4 Å². The van der Waals surface area contributed by atoms with Crippen molar-refractivity contribution < 1.29 is 4.79 Å². The zero-order valence-corrected chi connectivity index (χ0v) is 13.2. The number of carbonyl (C=O) groups excluding carboxylic acids is 1. The van der Waals surface area contributed by atoms with Crippen molar-refractivity contribution in [2.45, 2.75) is 43.9 Å². The molecule has 1 saturated carbocycles. The molecule has 1 N–H and O–H groups in total. The molecule has 1 aliphatic rings. The molecule has 1 fully saturated rings. The Morgan fingerprint density at radius 3 is 2.89 bits per heavy atom. The molecular formula is C14H22BrN3O. The quantitative estimate of drug-likeness (QED) is 0.864. The maximum atomic E-state index is 12.2. The van der Waals surface area contributed by atoms with Gasteiger partial charge >= 0.3 is 0 Å². The monoisotopic (exact) mass is 327 g/mol. The predicted molar refractivity (Wildman–Crippen MR) is 79.6 cm³/mol. The van der Waals surface area contributed by atoms with Gasteiger partial charge in [-0.1, -0.05) is 35.7 Å². The van der Waals surface area contributed by atoms with Crippen molar-refractivity contribution in [3.63, 3.8) is 0 Å². The number of aryl methyl sites for hydroxylation is 2. The van der Waals surface area contributed by atoms with E-state index in [9.17, 15) is 4.79 Å². The number of nitrogens with one attached hydrogen (secondary N) is 1. The smallest absolute Gasteiger partial charge is 0.269 e. The lowest BCUT2D eigenvalue weighted by Gasteiger charge is -2.27. The van der Waals surface area contributed by atoms with E-state index < -0.39 is 0 Å². The van der Waals surface area contributed by atoms with Crippen LogP contribution in [0.15, 0.2) is 6.07 Å². The van der Waals surface area contributed by atoms with Crippen molar-refractivity contribution in [3.05, 3.63) is 17.5 Å². The van der Waals surface area contributed by atoms with Gasteiger partial charge in [-0.2, -0.15) is 5.10 Å². The third kappa shape index (κ3) is 3.59. The Balaban J connectivity index is 1.91. The van der Waals surface area contributed by atoms with E-state index >= 15 is 0 Å². The standard InChI is InChI=1S/C14H22BrN3O/c1-3-11-8-13(18(2)17-11)14(19)16-9-10-6-4-5-7-12(10)15/h8,10,12H,3-7,9H2,1-2H3,(H,16,19). The van der Waals surface area contributed by atoms with Crippen LogP contribution in [0.25, 0.3) is 0 Å². The van der Waals surface area contributed by atoms with Gasteiger partial charge in [0.1, 0.15) is 5.69 Å². The van der Waals surface area contributed by atoms with E-state index in [4.69, 9.17) is 0 Å². The van der Waals surface area contributed by atoms with Crippen molar-refractivity contribution >= 4 is 21.8 Å². The van der Waals surface area contributed by atoms with Crippen molar-refractivity contribution in [1.29, 1.82) is 0 Å². The van der Waals surface area contributed by atoms with Crippen molar-refractivity contribution in [2.24, 2.45) is 13.0 Å². The van der Waals surface area contributed by atoms with Crippen LogP contribution in [0, 0.1) is 5.92 Å². The first-order valence-electron chi connectivity index (χ1n) is 7.07. The Morgan fingerprint density at radius 1 is 1.53 bits per heavy atom. The zero-order chi connectivity index (χ0) is 13.8. The van der Waals surface area contributed by atoms with Crippen molar-refractivity contribution in [2.75, 3.05) is 6.54 Å². The maximum absolute atomic E-state index is 12.2. The molecule has 1 heterocycles. The first kappa shape index (κ1) is 14.6. The van der Waals surface area contributed by atoms with Crippen LogP contribution in [0.3, 0.4) is 0 Å². The van der Waals surface area contributed by atoms with Crippen LogP contribution < -0.4 is 5.32 Å². The molecule has 0 aliphatic heterocycles. The minimum atomic E-state index is -0.0139. The van der Waals surface area contributed by atoms with E-state index in [0.717, 1.165) is 18.7 Å². The van der Waals surface area contributed by atoms with Crippen LogP contribution in [0.5, 0.6) is 0 Å². The van der Waals surface area contributed by atoms with Gasteiger partial charge in [-0.3, -0.25) is 9.48 Å². The zero-order valence-electron chi connectivity index (χ0n) is 11.7. The van der Waals surface area contributed by atoms with Crippen LogP contribution in [0.4, 0.5) is 0 Å². The molecule has 1 aromatic heterocycles. The highest BCUT2D eigenvalue weighted by Crippen LogP contribution is 2.29. The van der Waals surface area contributed by atoms with Crippen LogP contribution >= 0.6 is 15.9 Å². The number of alkyl halides is 1. The molecule has 19 heavy (non-hydrogen) atoms. The first-order valence-corrected chi connectivity index (χ1v) is 7.98. The molecule has 1 amide bonds. The second kappa shape index (κ2) is 6.55. The fourth-order valence-corrected chi connectivity index (χ4v) is 3.39. The summed E-state index contributed by atoms with van der Waals surface area (Å²) in [5.41, 5.74) is 1.61. The molecule has 2 atom stereocenters. The molecule has 0 aromatic carbocycles. The normalized spacial score (nSPS) is 23.3. The van der Waals surface area contributed by atoms with Crippen molar-refractivity contribution in [1.82, 2.24) is 15.1 Å². The predicted octanol–water partition coefficient (Wildman–Crippen LogP) is 2.67. The maximum Gasteiger partial charge on any atom is 0.269 e. The largest absolute Gasteiger partial charge is 0.350 e. The van der Waals surface area contributed by atoms with Gasteiger partial charge in [0.25, 0.3) is 5.91 Å². The molecule has 0 spiro atoms. The Labute approximate surface area is 123 Å². The van der Waals surface area contributed by atoms with E-state index in [-0.39, 0.29) is 5.91 Å². The van der Waals surface area contributed by atoms with E-state index in [1.54, 1.807) is 4.68 Å². The van der Waals surface area contributed by atoms with Crippen LogP contribution in [0.1, 0.15) is 48.8 Å². The van der Waals surface area contributed by atoms with Crippen LogP contribution in [-0.2, 0) is 13.5 Å². The summed E-state index contributed by atoms with van der Waals surface area (Å²) in [6, 6.07) is 1.88. The second-order valence-electron chi connectivity index (χ2n) is 5.27. The topological polar surface area (TPSA) is 46.9 Å². The Bertz CT molecular complexity index is 444. The fraction of sp³-hybridized carbons (Fsp3) is 0.714. The Kier molecular flexibility index (Phi) is 5.02. The van der Waals surface area contributed by atoms with Gasteiger partial charge < -0.3 is 5.32 Å². The summed E-state index contributed by atoms with van der Waals surface area (Å²) in [5, 5.41) is 7.35. The molecule has 2 rings (SSSR count). The molecule has 5 heteroatoms. The molecule has 0 saturated heterocycles. The van der Waals surface area contributed by atoms with E-state index in [1.807, 2.05) is 20.0 Å². The van der Waals surface area contributed by atoms with Gasteiger partial charge in [-0.05, 0) is 31.2 Å². The van der Waals surface area contributed by atoms with E-state index in [2.05, 4.69) is 26.3 Å². The highest BCUT2D eigenvalue weighted by atomic mass is 79.9. The molecule has 106 valence electrons. The molecule has 0 radical (unpaired) electrons. The summed E-state index contributed by atoms with van der Waals surface area (Å²) in [5.74, 6) is 0.538. The molecule has 1 aliphatic carbocycles. The van der Waals surface area contributed by atoms with Gasteiger partial charge in [0.15, 0.2) is 0 Å². The molecule has 4 nitrogen and oxygen atoms in total. The van der Waals surface area contributed by atoms with Gasteiger partial charge in [-0.15, -0.1) is 0 Å². The average molecular weight is 328 g/mol. The minimum absolute atomic E-state index is 0.0139. The Morgan fingerprint density at radius 2 is 2.26 bits per heavy atom. The third-order valence-electron chi connectivity index (χ3n) is 3.87. The SMILES string of the molecule is CCc1cc(C(=O)NCC2CCCCC2Br)n(C)n1. The first-order chi connectivity index (χ1) is 9.11. The number of amides is 1.